The van der Waals surface area contributed by atoms with Crippen molar-refractivity contribution in [3.05, 3.63) is 64.7 Å². The van der Waals surface area contributed by atoms with Crippen molar-refractivity contribution in [1.82, 2.24) is 5.32 Å². The van der Waals surface area contributed by atoms with Gasteiger partial charge in [0.25, 0.3) is 5.91 Å². The maximum atomic E-state index is 12.4. The normalized spacial score (nSPS) is 19.7. The van der Waals surface area contributed by atoms with Gasteiger partial charge in [0.05, 0.1) is 6.04 Å². The molecular weight excluding hydrogens is 384 g/mol. The fourth-order valence-corrected chi connectivity index (χ4v) is 5.07. The van der Waals surface area contributed by atoms with Crippen molar-refractivity contribution in [2.45, 2.75) is 70.3 Å². The molecule has 4 nitrogen and oxygen atoms in total. The number of fused-ring (bicyclic) bond motifs is 2. The van der Waals surface area contributed by atoms with Crippen LogP contribution in [0, 0.1) is 5.92 Å². The average molecular weight is 421 g/mol. The molecule has 2 aromatic rings. The zero-order chi connectivity index (χ0) is 21.5. The minimum atomic E-state index is -0.112. The van der Waals surface area contributed by atoms with Crippen molar-refractivity contribution in [3.63, 3.8) is 0 Å². The SMILES string of the molecule is NC1c2ccccc2CCc2cc(OCC(=O)NCC3CCCCCCCC3)ccc21. The summed E-state index contributed by atoms with van der Waals surface area (Å²) in [6.07, 6.45) is 12.4. The first-order valence-corrected chi connectivity index (χ1v) is 12.1. The van der Waals surface area contributed by atoms with Crippen molar-refractivity contribution in [1.29, 1.82) is 0 Å². The van der Waals surface area contributed by atoms with Gasteiger partial charge in [-0.2, -0.15) is 0 Å². The molecule has 0 aromatic heterocycles. The summed E-state index contributed by atoms with van der Waals surface area (Å²) in [6.45, 7) is 0.845. The number of nitrogens with one attached hydrogen (secondary N) is 1. The molecule has 1 unspecified atom stereocenters. The Morgan fingerprint density at radius 1 is 0.903 bits per heavy atom. The van der Waals surface area contributed by atoms with Crippen LogP contribution < -0.4 is 15.8 Å². The second-order valence-electron chi connectivity index (χ2n) is 9.19. The number of nitrogens with two attached hydrogens (primary N) is 1. The summed E-state index contributed by atoms with van der Waals surface area (Å²) in [7, 11) is 0. The van der Waals surface area contributed by atoms with Gasteiger partial charge in [-0.25, -0.2) is 0 Å². The standard InChI is InChI=1S/C27H36N2O2/c28-27-24-12-8-7-11-21(24)13-14-22-17-23(15-16-25(22)27)31-19-26(30)29-18-20-9-5-3-1-2-4-6-10-20/h7-8,11-12,15-17,20,27H,1-6,9-10,13-14,18-19,28H2,(H,29,30). The van der Waals surface area contributed by atoms with E-state index >= 15 is 0 Å². The van der Waals surface area contributed by atoms with Crippen LogP contribution in [0.25, 0.3) is 0 Å². The van der Waals surface area contributed by atoms with E-state index in [0.717, 1.165) is 30.7 Å². The van der Waals surface area contributed by atoms with E-state index in [1.54, 1.807) is 0 Å². The predicted molar refractivity (Wildman–Crippen MR) is 125 cm³/mol. The van der Waals surface area contributed by atoms with Gasteiger partial charge in [-0.05, 0) is 66.0 Å². The topological polar surface area (TPSA) is 64.3 Å². The first-order chi connectivity index (χ1) is 15.2. The maximum Gasteiger partial charge on any atom is 0.257 e. The number of carbonyl (C=O) groups excluding carboxylic acids is 1. The van der Waals surface area contributed by atoms with E-state index < -0.39 is 0 Å². The Morgan fingerprint density at radius 3 is 2.39 bits per heavy atom. The van der Waals surface area contributed by atoms with Crippen LogP contribution in [0.3, 0.4) is 0 Å². The number of ether oxygens (including phenoxy) is 1. The van der Waals surface area contributed by atoms with Crippen LogP contribution >= 0.6 is 0 Å². The van der Waals surface area contributed by atoms with Gasteiger partial charge in [-0.3, -0.25) is 4.79 Å². The summed E-state index contributed by atoms with van der Waals surface area (Å²) in [4.78, 5) is 12.4. The highest BCUT2D eigenvalue weighted by Gasteiger charge is 2.21. The fraction of sp³-hybridized carbons (Fsp3) is 0.519. The Hall–Kier alpha value is -2.33. The molecule has 2 aromatic carbocycles. The minimum absolute atomic E-state index is 0.0288. The van der Waals surface area contributed by atoms with Crippen LogP contribution in [-0.2, 0) is 17.6 Å². The molecular formula is C27H36N2O2. The van der Waals surface area contributed by atoms with Gasteiger partial charge in [0.15, 0.2) is 6.61 Å². The van der Waals surface area contributed by atoms with Crippen molar-refractivity contribution in [2.75, 3.05) is 13.2 Å². The lowest BCUT2D eigenvalue weighted by molar-refractivity contribution is -0.123. The molecule has 0 aliphatic heterocycles. The average Bonchev–Trinajstić information content (AvgIpc) is 2.86. The third kappa shape index (κ3) is 5.88. The number of hydrogen-bond acceptors (Lipinski definition) is 3. The molecule has 1 amide bonds. The zero-order valence-corrected chi connectivity index (χ0v) is 18.6. The Labute approximate surface area is 186 Å². The van der Waals surface area contributed by atoms with Gasteiger partial charge in [-0.1, -0.05) is 68.9 Å². The first-order valence-electron chi connectivity index (χ1n) is 12.1. The lowest BCUT2D eigenvalue weighted by Gasteiger charge is -2.18. The summed E-state index contributed by atoms with van der Waals surface area (Å²) >= 11 is 0. The Bertz CT molecular complexity index is 869. The first kappa shape index (κ1) is 21.9. The monoisotopic (exact) mass is 420 g/mol. The van der Waals surface area contributed by atoms with E-state index in [2.05, 4.69) is 41.7 Å². The van der Waals surface area contributed by atoms with E-state index in [1.807, 2.05) is 6.07 Å². The molecule has 0 saturated heterocycles. The van der Waals surface area contributed by atoms with E-state index in [4.69, 9.17) is 10.5 Å². The number of amides is 1. The molecule has 3 N–H and O–H groups in total. The second kappa shape index (κ2) is 10.8. The fourth-order valence-electron chi connectivity index (χ4n) is 5.07. The van der Waals surface area contributed by atoms with Crippen LogP contribution in [0.2, 0.25) is 0 Å². The zero-order valence-electron chi connectivity index (χ0n) is 18.6. The van der Waals surface area contributed by atoms with Gasteiger partial charge in [0.1, 0.15) is 5.75 Å². The molecule has 4 rings (SSSR count). The molecule has 2 aliphatic carbocycles. The lowest BCUT2D eigenvalue weighted by Crippen LogP contribution is -2.33. The highest BCUT2D eigenvalue weighted by Crippen LogP contribution is 2.32. The summed E-state index contributed by atoms with van der Waals surface area (Å²) < 4.78 is 5.84. The molecule has 31 heavy (non-hydrogen) atoms. The molecule has 1 saturated carbocycles. The van der Waals surface area contributed by atoms with Crippen molar-refractivity contribution in [3.8, 4) is 5.75 Å². The van der Waals surface area contributed by atoms with E-state index in [0.29, 0.717) is 5.92 Å². The van der Waals surface area contributed by atoms with Crippen LogP contribution in [0.1, 0.15) is 79.7 Å². The second-order valence-corrected chi connectivity index (χ2v) is 9.19. The maximum absolute atomic E-state index is 12.4. The molecule has 166 valence electrons. The predicted octanol–water partition coefficient (Wildman–Crippen LogP) is 5.08. The highest BCUT2D eigenvalue weighted by molar-refractivity contribution is 5.77. The Kier molecular flexibility index (Phi) is 7.63. The summed E-state index contributed by atoms with van der Waals surface area (Å²) in [5.74, 6) is 1.33. The van der Waals surface area contributed by atoms with Crippen molar-refractivity contribution >= 4 is 5.91 Å². The molecule has 4 heteroatoms. The quantitative estimate of drug-likeness (QED) is 0.709. The molecule has 0 heterocycles. The third-order valence-electron chi connectivity index (χ3n) is 6.94. The minimum Gasteiger partial charge on any atom is -0.484 e. The number of benzene rings is 2. The number of aryl methyl sites for hydroxylation is 2. The molecule has 2 aliphatic rings. The van der Waals surface area contributed by atoms with Crippen LogP contribution in [-0.4, -0.2) is 19.1 Å². The van der Waals surface area contributed by atoms with Crippen LogP contribution in [0.5, 0.6) is 5.75 Å². The summed E-state index contributed by atoms with van der Waals surface area (Å²) in [5.41, 5.74) is 11.5. The molecule has 0 bridgehead atoms. The number of rotatable bonds is 5. The van der Waals surface area contributed by atoms with Crippen molar-refractivity contribution in [2.24, 2.45) is 11.7 Å². The van der Waals surface area contributed by atoms with E-state index in [1.165, 1.54) is 68.1 Å². The van der Waals surface area contributed by atoms with Gasteiger partial charge in [-0.15, -0.1) is 0 Å². The van der Waals surface area contributed by atoms with Gasteiger partial charge in [0.2, 0.25) is 0 Å². The molecule has 1 fully saturated rings. The van der Waals surface area contributed by atoms with Gasteiger partial charge < -0.3 is 15.8 Å². The van der Waals surface area contributed by atoms with E-state index in [9.17, 15) is 4.79 Å². The summed E-state index contributed by atoms with van der Waals surface area (Å²) in [6, 6.07) is 14.4. The van der Waals surface area contributed by atoms with Crippen LogP contribution in [0.15, 0.2) is 42.5 Å². The highest BCUT2D eigenvalue weighted by atomic mass is 16.5. The van der Waals surface area contributed by atoms with Gasteiger partial charge in [0, 0.05) is 6.54 Å². The number of carbonyl (C=O) groups is 1. The molecule has 0 spiro atoms. The molecule has 1 atom stereocenters. The van der Waals surface area contributed by atoms with Crippen LogP contribution in [0.4, 0.5) is 0 Å². The third-order valence-corrected chi connectivity index (χ3v) is 6.94. The Morgan fingerprint density at radius 2 is 1.58 bits per heavy atom. The van der Waals surface area contributed by atoms with Crippen molar-refractivity contribution < 1.29 is 9.53 Å². The Balaban J connectivity index is 1.30. The largest absolute Gasteiger partial charge is 0.484 e. The summed E-state index contributed by atoms with van der Waals surface area (Å²) in [5, 5.41) is 3.10. The molecule has 0 radical (unpaired) electrons. The van der Waals surface area contributed by atoms with E-state index in [-0.39, 0.29) is 18.6 Å². The van der Waals surface area contributed by atoms with Gasteiger partial charge >= 0.3 is 0 Å². The number of hydrogen-bond donors (Lipinski definition) is 2. The lowest BCUT2D eigenvalue weighted by atomic mass is 9.95. The smallest absolute Gasteiger partial charge is 0.257 e.